The van der Waals surface area contributed by atoms with Crippen molar-refractivity contribution >= 4 is 17.2 Å². The maximum Gasteiger partial charge on any atom is 0.261 e. The van der Waals surface area contributed by atoms with E-state index in [0.717, 1.165) is 24.3 Å². The van der Waals surface area contributed by atoms with Gasteiger partial charge in [-0.05, 0) is 45.6 Å². The van der Waals surface area contributed by atoms with Crippen molar-refractivity contribution in [3.05, 3.63) is 21.9 Å². The molecule has 5 heteroatoms. The average molecular weight is 279 g/mol. The molecule has 4 nitrogen and oxygen atoms in total. The summed E-state index contributed by atoms with van der Waals surface area (Å²) >= 11 is 1.40. The van der Waals surface area contributed by atoms with Crippen molar-refractivity contribution in [2.45, 2.75) is 12.8 Å². The summed E-state index contributed by atoms with van der Waals surface area (Å²) in [6.07, 6.45) is 2.08. The monoisotopic (exact) mass is 279 g/mol. The lowest BCUT2D eigenvalue weighted by atomic mass is 10.3. The molecule has 1 aromatic heterocycles. The highest BCUT2D eigenvalue weighted by molar-refractivity contribution is 7.14. The lowest BCUT2D eigenvalue weighted by Crippen LogP contribution is -2.24. The molecule has 0 unspecified atom stereocenters. The van der Waals surface area contributed by atoms with Crippen LogP contribution in [0.3, 0.4) is 0 Å². The number of unbranched alkanes of at least 4 members (excludes halogenated alkanes) is 1. The van der Waals surface area contributed by atoms with Crippen LogP contribution in [0.4, 0.5) is 0 Å². The van der Waals surface area contributed by atoms with Gasteiger partial charge in [-0.25, -0.2) is 0 Å². The SMILES string of the molecule is CN(C)CCCCNC(=O)c1ccc(C#CCN)s1. The van der Waals surface area contributed by atoms with Crippen LogP contribution in [-0.2, 0) is 0 Å². The largest absolute Gasteiger partial charge is 0.351 e. The van der Waals surface area contributed by atoms with Gasteiger partial charge < -0.3 is 16.0 Å². The summed E-state index contributed by atoms with van der Waals surface area (Å²) in [6.45, 7) is 2.10. The molecule has 104 valence electrons. The van der Waals surface area contributed by atoms with E-state index in [1.807, 2.05) is 20.2 Å². The Labute approximate surface area is 119 Å². The molecule has 19 heavy (non-hydrogen) atoms. The normalized spacial score (nSPS) is 10.1. The van der Waals surface area contributed by atoms with Crippen molar-refractivity contribution in [3.63, 3.8) is 0 Å². The van der Waals surface area contributed by atoms with Crippen LogP contribution in [0.2, 0.25) is 0 Å². The van der Waals surface area contributed by atoms with Gasteiger partial charge in [0.1, 0.15) is 0 Å². The smallest absolute Gasteiger partial charge is 0.261 e. The highest BCUT2D eigenvalue weighted by atomic mass is 32.1. The molecule has 0 spiro atoms. The highest BCUT2D eigenvalue weighted by Crippen LogP contribution is 2.15. The molecule has 1 rings (SSSR count). The number of amides is 1. The minimum atomic E-state index is -0.0179. The summed E-state index contributed by atoms with van der Waals surface area (Å²) < 4.78 is 0. The molecule has 0 aliphatic heterocycles. The number of rotatable bonds is 6. The van der Waals surface area contributed by atoms with Crippen molar-refractivity contribution in [2.75, 3.05) is 33.7 Å². The zero-order valence-electron chi connectivity index (χ0n) is 11.5. The van der Waals surface area contributed by atoms with E-state index in [1.165, 1.54) is 11.3 Å². The first-order valence-electron chi connectivity index (χ1n) is 6.35. The Bertz CT molecular complexity index is 457. The van der Waals surface area contributed by atoms with E-state index in [-0.39, 0.29) is 5.91 Å². The fourth-order valence-corrected chi connectivity index (χ4v) is 2.30. The third-order valence-electron chi connectivity index (χ3n) is 2.46. The van der Waals surface area contributed by atoms with E-state index in [2.05, 4.69) is 22.1 Å². The molecule has 1 amide bonds. The Morgan fingerprint density at radius 3 is 2.89 bits per heavy atom. The maximum absolute atomic E-state index is 11.8. The number of carbonyl (C=O) groups excluding carboxylic acids is 1. The van der Waals surface area contributed by atoms with Gasteiger partial charge in [-0.15, -0.1) is 11.3 Å². The lowest BCUT2D eigenvalue weighted by molar-refractivity contribution is 0.0957. The predicted molar refractivity (Wildman–Crippen MR) is 80.4 cm³/mol. The zero-order valence-corrected chi connectivity index (χ0v) is 12.3. The lowest BCUT2D eigenvalue weighted by Gasteiger charge is -2.08. The molecule has 0 aliphatic carbocycles. The fourth-order valence-electron chi connectivity index (χ4n) is 1.51. The van der Waals surface area contributed by atoms with Gasteiger partial charge in [0.2, 0.25) is 0 Å². The third kappa shape index (κ3) is 6.39. The first-order chi connectivity index (χ1) is 9.13. The molecule has 0 bridgehead atoms. The van der Waals surface area contributed by atoms with Crippen LogP contribution in [0, 0.1) is 11.8 Å². The van der Waals surface area contributed by atoms with E-state index in [4.69, 9.17) is 5.73 Å². The van der Waals surface area contributed by atoms with Crippen LogP contribution in [0.5, 0.6) is 0 Å². The number of hydrogen-bond acceptors (Lipinski definition) is 4. The summed E-state index contributed by atoms with van der Waals surface area (Å²) in [7, 11) is 4.10. The van der Waals surface area contributed by atoms with Crippen LogP contribution in [0.15, 0.2) is 12.1 Å². The van der Waals surface area contributed by atoms with Gasteiger partial charge in [-0.3, -0.25) is 4.79 Å². The summed E-state index contributed by atoms with van der Waals surface area (Å²) in [6, 6.07) is 3.66. The Morgan fingerprint density at radius 2 is 2.21 bits per heavy atom. The Balaban J connectivity index is 2.31. The van der Waals surface area contributed by atoms with E-state index in [1.54, 1.807) is 6.07 Å². The maximum atomic E-state index is 11.8. The van der Waals surface area contributed by atoms with Gasteiger partial charge in [0.05, 0.1) is 16.3 Å². The van der Waals surface area contributed by atoms with Crippen molar-refractivity contribution in [1.82, 2.24) is 10.2 Å². The Hall–Kier alpha value is -1.35. The molecule has 0 aromatic carbocycles. The summed E-state index contributed by atoms with van der Waals surface area (Å²) in [4.78, 5) is 15.6. The van der Waals surface area contributed by atoms with Crippen molar-refractivity contribution in [1.29, 1.82) is 0 Å². The number of nitrogens with one attached hydrogen (secondary N) is 1. The average Bonchev–Trinajstić information content (AvgIpc) is 2.84. The molecular weight excluding hydrogens is 258 g/mol. The van der Waals surface area contributed by atoms with Crippen LogP contribution in [0.1, 0.15) is 27.4 Å². The fraction of sp³-hybridized carbons (Fsp3) is 0.500. The molecule has 3 N–H and O–H groups in total. The standard InChI is InChI=1S/C14H21N3OS/c1-17(2)11-4-3-10-16-14(18)13-8-7-12(19-13)6-5-9-15/h7-8H,3-4,9-11,15H2,1-2H3,(H,16,18). The number of thiophene rings is 1. The molecule has 0 saturated carbocycles. The van der Waals surface area contributed by atoms with Gasteiger partial charge in [-0.2, -0.15) is 0 Å². The number of carbonyl (C=O) groups is 1. The molecule has 0 aliphatic rings. The number of nitrogens with zero attached hydrogens (tertiary/aromatic N) is 1. The van der Waals surface area contributed by atoms with Crippen molar-refractivity contribution in [3.8, 4) is 11.8 Å². The topological polar surface area (TPSA) is 58.4 Å². The molecule has 0 atom stereocenters. The van der Waals surface area contributed by atoms with E-state index < -0.39 is 0 Å². The number of nitrogens with two attached hydrogens (primary N) is 1. The molecule has 1 heterocycles. The molecule has 0 saturated heterocycles. The van der Waals surface area contributed by atoms with E-state index >= 15 is 0 Å². The minimum absolute atomic E-state index is 0.0179. The Morgan fingerprint density at radius 1 is 1.42 bits per heavy atom. The van der Waals surface area contributed by atoms with Crippen LogP contribution < -0.4 is 11.1 Å². The van der Waals surface area contributed by atoms with E-state index in [9.17, 15) is 4.79 Å². The van der Waals surface area contributed by atoms with Crippen LogP contribution in [0.25, 0.3) is 0 Å². The Kier molecular flexibility index (Phi) is 7.19. The predicted octanol–water partition coefficient (Wildman–Crippen LogP) is 1.13. The number of hydrogen-bond donors (Lipinski definition) is 2. The van der Waals surface area contributed by atoms with Gasteiger partial charge in [0.25, 0.3) is 5.91 Å². The van der Waals surface area contributed by atoms with Gasteiger partial charge in [-0.1, -0.05) is 11.8 Å². The van der Waals surface area contributed by atoms with Crippen molar-refractivity contribution < 1.29 is 4.79 Å². The summed E-state index contributed by atoms with van der Waals surface area (Å²) in [5.41, 5.74) is 5.31. The van der Waals surface area contributed by atoms with Gasteiger partial charge >= 0.3 is 0 Å². The molecule has 1 aromatic rings. The van der Waals surface area contributed by atoms with Crippen LogP contribution in [-0.4, -0.2) is 44.5 Å². The second kappa shape index (κ2) is 8.70. The third-order valence-corrected chi connectivity index (χ3v) is 3.46. The summed E-state index contributed by atoms with van der Waals surface area (Å²) in [5, 5.41) is 2.92. The minimum Gasteiger partial charge on any atom is -0.351 e. The zero-order chi connectivity index (χ0) is 14.1. The highest BCUT2D eigenvalue weighted by Gasteiger charge is 2.07. The first-order valence-corrected chi connectivity index (χ1v) is 7.17. The first kappa shape index (κ1) is 15.7. The molecule has 0 fully saturated rings. The quantitative estimate of drug-likeness (QED) is 0.606. The van der Waals surface area contributed by atoms with Gasteiger partial charge in [0.15, 0.2) is 0 Å². The van der Waals surface area contributed by atoms with E-state index in [0.29, 0.717) is 18.0 Å². The second-order valence-electron chi connectivity index (χ2n) is 4.44. The van der Waals surface area contributed by atoms with Gasteiger partial charge in [0, 0.05) is 6.54 Å². The summed E-state index contributed by atoms with van der Waals surface area (Å²) in [5.74, 6) is 5.69. The second-order valence-corrected chi connectivity index (χ2v) is 5.52. The van der Waals surface area contributed by atoms with Crippen molar-refractivity contribution in [2.24, 2.45) is 5.73 Å². The molecular formula is C14H21N3OS. The van der Waals surface area contributed by atoms with Crippen LogP contribution >= 0.6 is 11.3 Å². The molecule has 0 radical (unpaired) electrons.